The summed E-state index contributed by atoms with van der Waals surface area (Å²) < 4.78 is 0. The highest BCUT2D eigenvalue weighted by molar-refractivity contribution is 5.79. The maximum absolute atomic E-state index is 12.2. The molecule has 3 heteroatoms. The molecule has 3 unspecified atom stereocenters. The molecule has 100 valence electrons. The van der Waals surface area contributed by atoms with Crippen LogP contribution in [0.2, 0.25) is 0 Å². The van der Waals surface area contributed by atoms with Gasteiger partial charge in [-0.1, -0.05) is 34.1 Å². The van der Waals surface area contributed by atoms with Crippen molar-refractivity contribution in [2.45, 2.75) is 59.4 Å². The molecule has 3 nitrogen and oxygen atoms in total. The molecule has 0 aromatic rings. The summed E-state index contributed by atoms with van der Waals surface area (Å²) in [5, 5.41) is 3.09. The van der Waals surface area contributed by atoms with Gasteiger partial charge in [0.15, 0.2) is 0 Å². The Morgan fingerprint density at radius 3 is 2.59 bits per heavy atom. The van der Waals surface area contributed by atoms with Crippen LogP contribution in [0.3, 0.4) is 0 Å². The molecule has 3 atom stereocenters. The SMILES string of the molecule is CCC(C)(C)CNC(=O)C1C(C)CCCC1N. The average molecular weight is 240 g/mol. The zero-order valence-electron chi connectivity index (χ0n) is 11.8. The fraction of sp³-hybridized carbons (Fsp3) is 0.929. The van der Waals surface area contributed by atoms with E-state index in [0.29, 0.717) is 5.92 Å². The molecule has 1 fully saturated rings. The molecular formula is C14H28N2O. The minimum atomic E-state index is 0.0106. The van der Waals surface area contributed by atoms with Crippen molar-refractivity contribution in [3.63, 3.8) is 0 Å². The van der Waals surface area contributed by atoms with Crippen LogP contribution in [0.4, 0.5) is 0 Å². The van der Waals surface area contributed by atoms with Gasteiger partial charge < -0.3 is 11.1 Å². The second kappa shape index (κ2) is 5.85. The van der Waals surface area contributed by atoms with Crippen LogP contribution in [-0.2, 0) is 4.79 Å². The van der Waals surface area contributed by atoms with Gasteiger partial charge in [-0.05, 0) is 30.6 Å². The van der Waals surface area contributed by atoms with Crippen molar-refractivity contribution in [2.24, 2.45) is 23.0 Å². The Morgan fingerprint density at radius 1 is 1.41 bits per heavy atom. The van der Waals surface area contributed by atoms with E-state index in [2.05, 4.69) is 33.0 Å². The lowest BCUT2D eigenvalue weighted by molar-refractivity contribution is -0.128. The van der Waals surface area contributed by atoms with Gasteiger partial charge in [0.1, 0.15) is 0 Å². The first-order valence-corrected chi connectivity index (χ1v) is 6.90. The average Bonchev–Trinajstić information content (AvgIpc) is 2.26. The second-order valence-electron chi connectivity index (χ2n) is 6.33. The largest absolute Gasteiger partial charge is 0.355 e. The molecule has 0 saturated heterocycles. The number of rotatable bonds is 4. The lowest BCUT2D eigenvalue weighted by Crippen LogP contribution is -2.48. The molecular weight excluding hydrogens is 212 g/mol. The Labute approximate surface area is 106 Å². The maximum Gasteiger partial charge on any atom is 0.224 e. The van der Waals surface area contributed by atoms with Crippen LogP contribution in [0, 0.1) is 17.3 Å². The van der Waals surface area contributed by atoms with Gasteiger partial charge in [0.2, 0.25) is 5.91 Å². The number of carbonyl (C=O) groups is 1. The van der Waals surface area contributed by atoms with Gasteiger partial charge in [0.25, 0.3) is 0 Å². The molecule has 0 aliphatic heterocycles. The second-order valence-corrected chi connectivity index (χ2v) is 6.33. The topological polar surface area (TPSA) is 55.1 Å². The first-order chi connectivity index (χ1) is 7.87. The van der Waals surface area contributed by atoms with Gasteiger partial charge in [-0.2, -0.15) is 0 Å². The van der Waals surface area contributed by atoms with Crippen LogP contribution in [0.5, 0.6) is 0 Å². The van der Waals surface area contributed by atoms with Crippen molar-refractivity contribution >= 4 is 5.91 Å². The fourth-order valence-electron chi connectivity index (χ4n) is 2.48. The van der Waals surface area contributed by atoms with E-state index >= 15 is 0 Å². The van der Waals surface area contributed by atoms with Crippen molar-refractivity contribution < 1.29 is 4.79 Å². The van der Waals surface area contributed by atoms with Crippen LogP contribution in [0.15, 0.2) is 0 Å². The highest BCUT2D eigenvalue weighted by Crippen LogP contribution is 2.29. The number of nitrogens with two attached hydrogens (primary N) is 1. The molecule has 0 aromatic carbocycles. The van der Waals surface area contributed by atoms with E-state index < -0.39 is 0 Å². The van der Waals surface area contributed by atoms with Gasteiger partial charge in [-0.25, -0.2) is 0 Å². The molecule has 0 heterocycles. The van der Waals surface area contributed by atoms with Crippen LogP contribution < -0.4 is 11.1 Å². The summed E-state index contributed by atoms with van der Waals surface area (Å²) in [5.74, 6) is 0.589. The normalized spacial score (nSPS) is 30.1. The zero-order valence-corrected chi connectivity index (χ0v) is 11.8. The molecule has 1 amide bonds. The summed E-state index contributed by atoms with van der Waals surface area (Å²) in [4.78, 5) is 12.2. The minimum Gasteiger partial charge on any atom is -0.355 e. The molecule has 0 spiro atoms. The standard InChI is InChI=1S/C14H28N2O/c1-5-14(3,4)9-16-13(17)12-10(2)7-6-8-11(12)15/h10-12H,5-9,15H2,1-4H3,(H,16,17). The predicted octanol–water partition coefficient (Wildman–Crippen LogP) is 2.30. The highest BCUT2D eigenvalue weighted by Gasteiger charge is 2.34. The highest BCUT2D eigenvalue weighted by atomic mass is 16.1. The molecule has 1 aliphatic carbocycles. The Morgan fingerprint density at radius 2 is 2.06 bits per heavy atom. The minimum absolute atomic E-state index is 0.0106. The smallest absolute Gasteiger partial charge is 0.224 e. The van der Waals surface area contributed by atoms with Gasteiger partial charge >= 0.3 is 0 Å². The number of hydrogen-bond donors (Lipinski definition) is 2. The van der Waals surface area contributed by atoms with Crippen LogP contribution >= 0.6 is 0 Å². The summed E-state index contributed by atoms with van der Waals surface area (Å²) in [7, 11) is 0. The Hall–Kier alpha value is -0.570. The van der Waals surface area contributed by atoms with Crippen LogP contribution in [-0.4, -0.2) is 18.5 Å². The third kappa shape index (κ3) is 3.98. The molecule has 3 N–H and O–H groups in total. The summed E-state index contributed by atoms with van der Waals surface area (Å²) in [5.41, 5.74) is 6.26. The monoisotopic (exact) mass is 240 g/mol. The van der Waals surface area contributed by atoms with Crippen molar-refractivity contribution in [1.29, 1.82) is 0 Å². The number of nitrogens with one attached hydrogen (secondary N) is 1. The Balaban J connectivity index is 2.51. The van der Waals surface area contributed by atoms with E-state index in [1.54, 1.807) is 0 Å². The van der Waals surface area contributed by atoms with E-state index in [1.165, 1.54) is 0 Å². The van der Waals surface area contributed by atoms with E-state index in [9.17, 15) is 4.79 Å². The molecule has 1 aliphatic rings. The third-order valence-corrected chi connectivity index (χ3v) is 4.27. The lowest BCUT2D eigenvalue weighted by Gasteiger charge is -2.34. The molecule has 0 bridgehead atoms. The molecule has 0 aromatic heterocycles. The molecule has 1 rings (SSSR count). The first-order valence-electron chi connectivity index (χ1n) is 6.90. The predicted molar refractivity (Wildman–Crippen MR) is 71.6 cm³/mol. The first kappa shape index (κ1) is 14.5. The quantitative estimate of drug-likeness (QED) is 0.792. The van der Waals surface area contributed by atoms with E-state index in [-0.39, 0.29) is 23.3 Å². The summed E-state index contributed by atoms with van der Waals surface area (Å²) in [6, 6.07) is 0.0449. The maximum atomic E-state index is 12.2. The molecule has 1 saturated carbocycles. The zero-order chi connectivity index (χ0) is 13.1. The van der Waals surface area contributed by atoms with Gasteiger partial charge in [0, 0.05) is 12.6 Å². The van der Waals surface area contributed by atoms with Crippen molar-refractivity contribution in [3.8, 4) is 0 Å². The van der Waals surface area contributed by atoms with E-state index in [1.807, 2.05) is 0 Å². The van der Waals surface area contributed by atoms with E-state index in [0.717, 1.165) is 32.2 Å². The Bertz CT molecular complexity index is 253. The van der Waals surface area contributed by atoms with E-state index in [4.69, 9.17) is 5.73 Å². The number of amides is 1. The van der Waals surface area contributed by atoms with Gasteiger partial charge in [-0.3, -0.25) is 4.79 Å². The number of carbonyl (C=O) groups excluding carboxylic acids is 1. The summed E-state index contributed by atoms with van der Waals surface area (Å²) >= 11 is 0. The van der Waals surface area contributed by atoms with Crippen molar-refractivity contribution in [3.05, 3.63) is 0 Å². The summed E-state index contributed by atoms with van der Waals surface area (Å²) in [6.45, 7) is 9.41. The van der Waals surface area contributed by atoms with Crippen LogP contribution in [0.1, 0.15) is 53.4 Å². The van der Waals surface area contributed by atoms with Crippen molar-refractivity contribution in [2.75, 3.05) is 6.54 Å². The van der Waals surface area contributed by atoms with Gasteiger partial charge in [0.05, 0.1) is 5.92 Å². The number of hydrogen-bond acceptors (Lipinski definition) is 2. The van der Waals surface area contributed by atoms with Gasteiger partial charge in [-0.15, -0.1) is 0 Å². The third-order valence-electron chi connectivity index (χ3n) is 4.27. The molecule has 0 radical (unpaired) electrons. The van der Waals surface area contributed by atoms with Crippen LogP contribution in [0.25, 0.3) is 0 Å². The fourth-order valence-corrected chi connectivity index (χ4v) is 2.48. The molecule has 17 heavy (non-hydrogen) atoms. The Kier molecular flexibility index (Phi) is 4.99. The summed E-state index contributed by atoms with van der Waals surface area (Å²) in [6.07, 6.45) is 4.34. The lowest BCUT2D eigenvalue weighted by atomic mass is 9.76. The van der Waals surface area contributed by atoms with Crippen molar-refractivity contribution in [1.82, 2.24) is 5.32 Å².